The van der Waals surface area contributed by atoms with Gasteiger partial charge in [0.15, 0.2) is 23.0 Å². The highest BCUT2D eigenvalue weighted by molar-refractivity contribution is 5.46. The molecule has 24 heavy (non-hydrogen) atoms. The molecule has 0 unspecified atom stereocenters. The van der Waals surface area contributed by atoms with Crippen molar-refractivity contribution in [3.63, 3.8) is 0 Å². The van der Waals surface area contributed by atoms with Crippen LogP contribution in [0.1, 0.15) is 11.1 Å². The normalized spacial score (nSPS) is 9.42. The second-order valence-corrected chi connectivity index (χ2v) is 4.96. The van der Waals surface area contributed by atoms with Crippen LogP contribution in [0.4, 0.5) is 0 Å². The molecule has 4 nitrogen and oxygen atoms in total. The molecule has 0 spiro atoms. The molecule has 0 radical (unpaired) electrons. The number of ether oxygens (including phenoxy) is 2. The van der Waals surface area contributed by atoms with E-state index in [2.05, 4.69) is 13.2 Å². The van der Waals surface area contributed by atoms with Gasteiger partial charge in [-0.15, -0.1) is 13.2 Å². The molecule has 0 aliphatic carbocycles. The zero-order chi connectivity index (χ0) is 17.9. The first-order valence-electron chi connectivity index (χ1n) is 7.49. The Labute approximate surface area is 143 Å². The average Bonchev–Trinajstić information content (AvgIpc) is 2.58. The number of phenols is 2. The molecule has 0 aromatic heterocycles. The lowest BCUT2D eigenvalue weighted by Gasteiger charge is -2.07. The van der Waals surface area contributed by atoms with Crippen LogP contribution in [-0.4, -0.2) is 24.4 Å². The summed E-state index contributed by atoms with van der Waals surface area (Å²) in [5.74, 6) is 1.40. The summed E-state index contributed by atoms with van der Waals surface area (Å²) in [4.78, 5) is 0. The van der Waals surface area contributed by atoms with E-state index in [1.54, 1.807) is 37.5 Å². The van der Waals surface area contributed by atoms with Crippen LogP contribution >= 0.6 is 0 Å². The molecule has 0 aliphatic heterocycles. The number of rotatable bonds is 6. The van der Waals surface area contributed by atoms with Gasteiger partial charge in [-0.05, 0) is 36.6 Å². The maximum atomic E-state index is 9.36. The van der Waals surface area contributed by atoms with Gasteiger partial charge in [-0.1, -0.05) is 30.4 Å². The third-order valence-corrected chi connectivity index (χ3v) is 3.27. The molecule has 2 aromatic carbocycles. The van der Waals surface area contributed by atoms with Crippen LogP contribution in [0, 0.1) is 0 Å². The summed E-state index contributed by atoms with van der Waals surface area (Å²) in [6.45, 7) is 7.25. The van der Waals surface area contributed by atoms with Crippen LogP contribution in [0.2, 0.25) is 0 Å². The molecule has 2 rings (SSSR count). The zero-order valence-corrected chi connectivity index (χ0v) is 14.2. The Hall–Kier alpha value is -2.88. The minimum Gasteiger partial charge on any atom is -0.504 e. The molecule has 2 N–H and O–H groups in total. The first kappa shape index (κ1) is 19.2. The maximum Gasteiger partial charge on any atom is 0.163 e. The van der Waals surface area contributed by atoms with Crippen molar-refractivity contribution in [2.75, 3.05) is 14.2 Å². The van der Waals surface area contributed by atoms with Gasteiger partial charge < -0.3 is 19.7 Å². The Morgan fingerprint density at radius 2 is 1.62 bits per heavy atom. The summed E-state index contributed by atoms with van der Waals surface area (Å²) >= 11 is 0. The van der Waals surface area contributed by atoms with E-state index >= 15 is 0 Å². The summed E-state index contributed by atoms with van der Waals surface area (Å²) in [5, 5.41) is 18.6. The van der Waals surface area contributed by atoms with Crippen molar-refractivity contribution in [3.8, 4) is 23.0 Å². The molecule has 0 saturated heterocycles. The topological polar surface area (TPSA) is 58.9 Å². The molecule has 2 aromatic rings. The quantitative estimate of drug-likeness (QED) is 0.778. The average molecular weight is 328 g/mol. The van der Waals surface area contributed by atoms with Gasteiger partial charge in [0.25, 0.3) is 0 Å². The fourth-order valence-electron chi connectivity index (χ4n) is 2.14. The number of phenolic OH excluding ortho intramolecular Hbond substituents is 2. The molecule has 0 amide bonds. The number of methoxy groups -OCH3 is 2. The lowest BCUT2D eigenvalue weighted by atomic mass is 10.1. The molecular formula is C20H24O4. The largest absolute Gasteiger partial charge is 0.504 e. The summed E-state index contributed by atoms with van der Waals surface area (Å²) < 4.78 is 9.98. The minimum atomic E-state index is 0.172. The van der Waals surface area contributed by atoms with Crippen molar-refractivity contribution in [1.29, 1.82) is 0 Å². The lowest BCUT2D eigenvalue weighted by Crippen LogP contribution is -1.90. The van der Waals surface area contributed by atoms with Crippen LogP contribution in [-0.2, 0) is 12.8 Å². The highest BCUT2D eigenvalue weighted by Gasteiger charge is 2.05. The van der Waals surface area contributed by atoms with E-state index in [0.717, 1.165) is 17.5 Å². The van der Waals surface area contributed by atoms with Crippen molar-refractivity contribution in [1.82, 2.24) is 0 Å². The van der Waals surface area contributed by atoms with Crippen LogP contribution in [0.25, 0.3) is 0 Å². The first-order chi connectivity index (χ1) is 11.6. The van der Waals surface area contributed by atoms with E-state index in [1.165, 1.54) is 7.11 Å². The predicted molar refractivity (Wildman–Crippen MR) is 97.1 cm³/mol. The van der Waals surface area contributed by atoms with E-state index in [4.69, 9.17) is 9.47 Å². The molecule has 128 valence electrons. The number of allylic oxidation sites excluding steroid dienone is 2. The van der Waals surface area contributed by atoms with E-state index < -0.39 is 0 Å². The third kappa shape index (κ3) is 5.39. The Kier molecular flexibility index (Phi) is 7.99. The zero-order valence-electron chi connectivity index (χ0n) is 14.2. The van der Waals surface area contributed by atoms with Crippen LogP contribution < -0.4 is 9.47 Å². The molecule has 0 fully saturated rings. The maximum absolute atomic E-state index is 9.36. The first-order valence-corrected chi connectivity index (χ1v) is 7.49. The number of benzene rings is 2. The molecule has 0 atom stereocenters. The highest BCUT2D eigenvalue weighted by atomic mass is 16.5. The van der Waals surface area contributed by atoms with Crippen molar-refractivity contribution >= 4 is 0 Å². The minimum absolute atomic E-state index is 0.172. The molecule has 0 saturated carbocycles. The number of hydrogen-bond acceptors (Lipinski definition) is 4. The number of hydrogen-bond donors (Lipinski definition) is 2. The fraction of sp³-hybridized carbons (Fsp3) is 0.200. The summed E-state index contributed by atoms with van der Waals surface area (Å²) in [7, 11) is 3.08. The molecule has 4 heteroatoms. The summed E-state index contributed by atoms with van der Waals surface area (Å²) in [5.41, 5.74) is 2.03. The molecule has 0 aliphatic rings. The van der Waals surface area contributed by atoms with E-state index in [0.29, 0.717) is 17.9 Å². The van der Waals surface area contributed by atoms with E-state index in [-0.39, 0.29) is 11.5 Å². The van der Waals surface area contributed by atoms with Gasteiger partial charge in [0.2, 0.25) is 0 Å². The van der Waals surface area contributed by atoms with Crippen molar-refractivity contribution in [2.45, 2.75) is 12.8 Å². The van der Waals surface area contributed by atoms with Gasteiger partial charge in [-0.2, -0.15) is 0 Å². The summed E-state index contributed by atoms with van der Waals surface area (Å²) in [6, 6.07) is 10.6. The van der Waals surface area contributed by atoms with Crippen molar-refractivity contribution in [2.24, 2.45) is 0 Å². The number of aromatic hydroxyl groups is 2. The third-order valence-electron chi connectivity index (χ3n) is 3.27. The van der Waals surface area contributed by atoms with Gasteiger partial charge >= 0.3 is 0 Å². The van der Waals surface area contributed by atoms with Crippen LogP contribution in [0.5, 0.6) is 23.0 Å². The van der Waals surface area contributed by atoms with Crippen molar-refractivity contribution in [3.05, 3.63) is 72.8 Å². The SMILES string of the molecule is C=CCc1ccc(O)c(OC)c1.C=CCc1cccc(O)c1OC. The molecule has 0 heterocycles. The highest BCUT2D eigenvalue weighted by Crippen LogP contribution is 2.29. The van der Waals surface area contributed by atoms with E-state index in [1.807, 2.05) is 18.2 Å². The van der Waals surface area contributed by atoms with Gasteiger partial charge in [-0.3, -0.25) is 0 Å². The second kappa shape index (κ2) is 10.0. The van der Waals surface area contributed by atoms with Crippen LogP contribution in [0.15, 0.2) is 61.7 Å². The Morgan fingerprint density at radius 1 is 0.917 bits per heavy atom. The van der Waals surface area contributed by atoms with Gasteiger partial charge in [-0.25, -0.2) is 0 Å². The Bertz CT molecular complexity index is 677. The van der Waals surface area contributed by atoms with Crippen LogP contribution in [0.3, 0.4) is 0 Å². The number of para-hydroxylation sites is 1. The monoisotopic (exact) mass is 328 g/mol. The second-order valence-electron chi connectivity index (χ2n) is 4.96. The Balaban J connectivity index is 0.000000240. The Morgan fingerprint density at radius 3 is 2.21 bits per heavy atom. The lowest BCUT2D eigenvalue weighted by molar-refractivity contribution is 0.370. The molecule has 0 bridgehead atoms. The van der Waals surface area contributed by atoms with Gasteiger partial charge in [0, 0.05) is 5.56 Å². The van der Waals surface area contributed by atoms with Gasteiger partial charge in [0.05, 0.1) is 14.2 Å². The van der Waals surface area contributed by atoms with Crippen molar-refractivity contribution < 1.29 is 19.7 Å². The predicted octanol–water partition coefficient (Wildman–Crippen LogP) is 4.26. The standard InChI is InChI=1S/2C10H12O2/c1-3-5-8-6-4-7-9(11)10(8)12-2;1-3-4-8-5-6-9(11)10(7-8)12-2/h3-4,6-7,11H,1,5H2,2H3;3,5-7,11H,1,4H2,2H3. The summed E-state index contributed by atoms with van der Waals surface area (Å²) in [6.07, 6.45) is 5.08. The molecular weight excluding hydrogens is 304 g/mol. The smallest absolute Gasteiger partial charge is 0.163 e. The van der Waals surface area contributed by atoms with E-state index in [9.17, 15) is 10.2 Å². The fourth-order valence-corrected chi connectivity index (χ4v) is 2.14. The van der Waals surface area contributed by atoms with Gasteiger partial charge in [0.1, 0.15) is 0 Å².